The number of aromatic hydroxyl groups is 1. The van der Waals surface area contributed by atoms with Gasteiger partial charge in [0.15, 0.2) is 5.78 Å². The Hall–Kier alpha value is -1.09. The molecule has 0 saturated heterocycles. The van der Waals surface area contributed by atoms with Crippen molar-refractivity contribution >= 4 is 35.3 Å². The summed E-state index contributed by atoms with van der Waals surface area (Å²) in [4.78, 5) is 11.9. The summed E-state index contributed by atoms with van der Waals surface area (Å²) >= 11 is 0. The van der Waals surface area contributed by atoms with E-state index in [1.807, 2.05) is 6.07 Å². The molecule has 0 aromatic heterocycles. The SMILES string of the molecule is O=C(c1ccccc1)c1ccccc1O.[Na]. The number of para-hydroxylation sites is 1. The number of hydrogen-bond donors (Lipinski definition) is 1. The van der Waals surface area contributed by atoms with Gasteiger partial charge in [-0.3, -0.25) is 4.79 Å². The minimum Gasteiger partial charge on any atom is -0.507 e. The first-order chi connectivity index (χ1) is 7.29. The number of benzene rings is 2. The maximum Gasteiger partial charge on any atom is 0.196 e. The van der Waals surface area contributed by atoms with Gasteiger partial charge in [-0.1, -0.05) is 42.5 Å². The smallest absolute Gasteiger partial charge is 0.196 e. The molecule has 0 heterocycles. The Labute approximate surface area is 116 Å². The summed E-state index contributed by atoms with van der Waals surface area (Å²) in [6.45, 7) is 0. The zero-order chi connectivity index (χ0) is 10.7. The van der Waals surface area contributed by atoms with Gasteiger partial charge in [0.05, 0.1) is 5.56 Å². The van der Waals surface area contributed by atoms with E-state index in [0.717, 1.165) is 0 Å². The average Bonchev–Trinajstić information content (AvgIpc) is 2.30. The third kappa shape index (κ3) is 2.73. The molecule has 0 aliphatic rings. The number of phenols is 1. The predicted molar refractivity (Wildman–Crippen MR) is 63.7 cm³/mol. The van der Waals surface area contributed by atoms with E-state index in [1.54, 1.807) is 42.5 Å². The number of phenolic OH excluding ortho intramolecular Hbond substituents is 1. The normalized spacial score (nSPS) is 9.25. The van der Waals surface area contributed by atoms with Crippen molar-refractivity contribution in [2.45, 2.75) is 0 Å². The van der Waals surface area contributed by atoms with Gasteiger partial charge >= 0.3 is 0 Å². The molecule has 2 aromatic rings. The Morgan fingerprint density at radius 2 is 1.44 bits per heavy atom. The molecule has 0 unspecified atom stereocenters. The first kappa shape index (κ1) is 13.0. The van der Waals surface area contributed by atoms with Gasteiger partial charge < -0.3 is 5.11 Å². The van der Waals surface area contributed by atoms with Gasteiger partial charge in [-0.15, -0.1) is 0 Å². The molecule has 1 N–H and O–H groups in total. The van der Waals surface area contributed by atoms with Crippen molar-refractivity contribution in [2.75, 3.05) is 0 Å². The molecule has 2 aromatic carbocycles. The van der Waals surface area contributed by atoms with Crippen molar-refractivity contribution in [1.29, 1.82) is 0 Å². The Kier molecular flexibility index (Phi) is 4.74. The molecule has 1 radical (unpaired) electrons. The fourth-order valence-corrected chi connectivity index (χ4v) is 1.41. The number of hydrogen-bond acceptors (Lipinski definition) is 2. The van der Waals surface area contributed by atoms with Crippen LogP contribution in [0.1, 0.15) is 15.9 Å². The molecule has 0 bridgehead atoms. The predicted octanol–water partition coefficient (Wildman–Crippen LogP) is 2.24. The molecule has 0 spiro atoms. The van der Waals surface area contributed by atoms with E-state index in [4.69, 9.17) is 0 Å². The Balaban J connectivity index is 0.00000128. The zero-order valence-corrected chi connectivity index (χ0v) is 11.1. The van der Waals surface area contributed by atoms with E-state index in [2.05, 4.69) is 0 Å². The maximum atomic E-state index is 11.9. The van der Waals surface area contributed by atoms with E-state index >= 15 is 0 Å². The summed E-state index contributed by atoms with van der Waals surface area (Å²) in [5, 5.41) is 9.52. The van der Waals surface area contributed by atoms with Gasteiger partial charge in [-0.05, 0) is 12.1 Å². The molecule has 0 atom stereocenters. The summed E-state index contributed by atoms with van der Waals surface area (Å²) in [6, 6.07) is 15.5. The van der Waals surface area contributed by atoms with E-state index < -0.39 is 0 Å². The van der Waals surface area contributed by atoms with Crippen LogP contribution in [0.15, 0.2) is 54.6 Å². The molecule has 2 nitrogen and oxygen atoms in total. The fraction of sp³-hybridized carbons (Fsp3) is 0. The molecular weight excluding hydrogens is 211 g/mol. The van der Waals surface area contributed by atoms with Crippen molar-refractivity contribution < 1.29 is 9.90 Å². The van der Waals surface area contributed by atoms with Gasteiger partial charge in [-0.25, -0.2) is 0 Å². The first-order valence-electron chi connectivity index (χ1n) is 4.67. The van der Waals surface area contributed by atoms with Crippen LogP contribution in [0.3, 0.4) is 0 Å². The van der Waals surface area contributed by atoms with E-state index in [0.29, 0.717) is 11.1 Å². The molecule has 0 saturated carbocycles. The van der Waals surface area contributed by atoms with E-state index in [-0.39, 0.29) is 41.1 Å². The van der Waals surface area contributed by atoms with Crippen LogP contribution in [0.4, 0.5) is 0 Å². The number of carbonyl (C=O) groups excluding carboxylic acids is 1. The number of ketones is 1. The molecule has 2 rings (SSSR count). The second-order valence-electron chi connectivity index (χ2n) is 3.21. The number of carbonyl (C=O) groups is 1. The summed E-state index contributed by atoms with van der Waals surface area (Å²) in [7, 11) is 0. The van der Waals surface area contributed by atoms with Gasteiger partial charge in [0.1, 0.15) is 5.75 Å². The van der Waals surface area contributed by atoms with Crippen molar-refractivity contribution in [3.8, 4) is 5.75 Å². The quantitative estimate of drug-likeness (QED) is 0.623. The molecule has 16 heavy (non-hydrogen) atoms. The van der Waals surface area contributed by atoms with Gasteiger partial charge in [0.25, 0.3) is 0 Å². The van der Waals surface area contributed by atoms with Crippen molar-refractivity contribution in [3.63, 3.8) is 0 Å². The zero-order valence-electron chi connectivity index (χ0n) is 9.05. The van der Waals surface area contributed by atoms with Crippen molar-refractivity contribution in [2.24, 2.45) is 0 Å². The summed E-state index contributed by atoms with van der Waals surface area (Å²) < 4.78 is 0. The van der Waals surface area contributed by atoms with Gasteiger partial charge in [0, 0.05) is 35.1 Å². The van der Waals surface area contributed by atoms with Crippen LogP contribution in [-0.2, 0) is 0 Å². The standard InChI is InChI=1S/C13H10O2.Na/c14-12-9-5-4-8-11(12)13(15)10-6-2-1-3-7-10;/h1-9,14H;. The summed E-state index contributed by atoms with van der Waals surface area (Å²) in [5.74, 6) is -0.139. The van der Waals surface area contributed by atoms with Crippen LogP contribution in [-0.4, -0.2) is 40.4 Å². The molecule has 75 valence electrons. The molecule has 0 fully saturated rings. The third-order valence-corrected chi connectivity index (χ3v) is 2.18. The second kappa shape index (κ2) is 5.85. The molecule has 0 amide bonds. The fourth-order valence-electron chi connectivity index (χ4n) is 1.41. The van der Waals surface area contributed by atoms with E-state index in [1.165, 1.54) is 6.07 Å². The first-order valence-corrected chi connectivity index (χ1v) is 4.67. The van der Waals surface area contributed by atoms with Gasteiger partial charge in [-0.2, -0.15) is 0 Å². The average molecular weight is 221 g/mol. The topological polar surface area (TPSA) is 37.3 Å². The van der Waals surface area contributed by atoms with E-state index in [9.17, 15) is 9.90 Å². The molecule has 0 aliphatic carbocycles. The minimum atomic E-state index is -0.159. The maximum absolute atomic E-state index is 11.9. The van der Waals surface area contributed by atoms with Crippen LogP contribution < -0.4 is 0 Å². The number of rotatable bonds is 2. The molecule has 3 heteroatoms. The van der Waals surface area contributed by atoms with Crippen molar-refractivity contribution in [1.82, 2.24) is 0 Å². The summed E-state index contributed by atoms with van der Waals surface area (Å²) in [6.07, 6.45) is 0. The van der Waals surface area contributed by atoms with Gasteiger partial charge in [0.2, 0.25) is 0 Å². The Morgan fingerprint density at radius 1 is 0.875 bits per heavy atom. The molecular formula is C13H10NaO2. The third-order valence-electron chi connectivity index (χ3n) is 2.18. The Bertz CT molecular complexity index is 480. The monoisotopic (exact) mass is 221 g/mol. The van der Waals surface area contributed by atoms with Crippen LogP contribution >= 0.6 is 0 Å². The van der Waals surface area contributed by atoms with Crippen LogP contribution in [0.5, 0.6) is 5.75 Å². The van der Waals surface area contributed by atoms with Crippen LogP contribution in [0, 0.1) is 0 Å². The summed E-state index contributed by atoms with van der Waals surface area (Å²) in [5.41, 5.74) is 0.919. The minimum absolute atomic E-state index is 0. The largest absolute Gasteiger partial charge is 0.507 e. The second-order valence-corrected chi connectivity index (χ2v) is 3.21. The van der Waals surface area contributed by atoms with Crippen LogP contribution in [0.2, 0.25) is 0 Å². The van der Waals surface area contributed by atoms with Crippen molar-refractivity contribution in [3.05, 3.63) is 65.7 Å². The Morgan fingerprint density at radius 3 is 2.06 bits per heavy atom. The van der Waals surface area contributed by atoms with Crippen LogP contribution in [0.25, 0.3) is 0 Å². The molecule has 0 aliphatic heterocycles.